The molecule has 1 aliphatic carbocycles. The summed E-state index contributed by atoms with van der Waals surface area (Å²) in [6, 6.07) is 4.82. The molecule has 0 spiro atoms. The minimum Gasteiger partial charge on any atom is -0.346 e. The third kappa shape index (κ3) is 2.68. The summed E-state index contributed by atoms with van der Waals surface area (Å²) in [5.41, 5.74) is -1.58. The maximum atomic E-state index is 12.7. The average Bonchev–Trinajstić information content (AvgIpc) is 3.08. The molecule has 0 radical (unpaired) electrons. The summed E-state index contributed by atoms with van der Waals surface area (Å²) in [6.45, 7) is 0. The molecular weight excluding hydrogens is 311 g/mol. The highest BCUT2D eigenvalue weighted by Gasteiger charge is 2.44. The van der Waals surface area contributed by atoms with Crippen molar-refractivity contribution in [2.75, 3.05) is 5.33 Å². The average molecular weight is 322 g/mol. The van der Waals surface area contributed by atoms with Crippen LogP contribution in [0.1, 0.15) is 28.8 Å². The van der Waals surface area contributed by atoms with Crippen LogP contribution in [0.5, 0.6) is 0 Å². The van der Waals surface area contributed by atoms with Crippen LogP contribution < -0.4 is 5.32 Å². The molecule has 2 nitrogen and oxygen atoms in total. The number of amides is 1. The SMILES string of the molecule is O=C(NC1(CBr)CC1)c1ccccc1C(F)(F)F. The molecule has 0 aromatic heterocycles. The smallest absolute Gasteiger partial charge is 0.346 e. The van der Waals surface area contributed by atoms with E-state index in [0.29, 0.717) is 5.33 Å². The van der Waals surface area contributed by atoms with Crippen molar-refractivity contribution in [2.45, 2.75) is 24.6 Å². The van der Waals surface area contributed by atoms with Crippen molar-refractivity contribution < 1.29 is 18.0 Å². The van der Waals surface area contributed by atoms with Gasteiger partial charge in [-0.15, -0.1) is 0 Å². The van der Waals surface area contributed by atoms with Crippen molar-refractivity contribution in [2.24, 2.45) is 0 Å². The second-order valence-electron chi connectivity index (χ2n) is 4.41. The van der Waals surface area contributed by atoms with Gasteiger partial charge in [0.25, 0.3) is 5.91 Å². The van der Waals surface area contributed by atoms with E-state index in [4.69, 9.17) is 0 Å². The van der Waals surface area contributed by atoms with Crippen LogP contribution in [-0.4, -0.2) is 16.8 Å². The van der Waals surface area contributed by atoms with Crippen molar-refractivity contribution in [1.29, 1.82) is 0 Å². The first-order chi connectivity index (χ1) is 8.38. The molecule has 0 heterocycles. The molecule has 18 heavy (non-hydrogen) atoms. The normalized spacial score (nSPS) is 17.3. The van der Waals surface area contributed by atoms with E-state index in [1.54, 1.807) is 0 Å². The number of halogens is 4. The van der Waals surface area contributed by atoms with Gasteiger partial charge in [-0.25, -0.2) is 0 Å². The van der Waals surface area contributed by atoms with Gasteiger partial charge < -0.3 is 5.32 Å². The van der Waals surface area contributed by atoms with E-state index in [-0.39, 0.29) is 11.1 Å². The summed E-state index contributed by atoms with van der Waals surface area (Å²) in [5.74, 6) is -0.667. The molecule has 0 saturated heterocycles. The molecule has 1 saturated carbocycles. The number of benzene rings is 1. The molecule has 2 rings (SSSR count). The van der Waals surface area contributed by atoms with E-state index in [2.05, 4.69) is 21.2 Å². The quantitative estimate of drug-likeness (QED) is 0.850. The number of rotatable bonds is 3. The molecule has 98 valence electrons. The predicted molar refractivity (Wildman–Crippen MR) is 64.7 cm³/mol. The Morgan fingerprint density at radius 2 is 1.94 bits per heavy atom. The van der Waals surface area contributed by atoms with Crippen LogP contribution in [0.2, 0.25) is 0 Å². The van der Waals surface area contributed by atoms with Gasteiger partial charge in [0.15, 0.2) is 0 Å². The van der Waals surface area contributed by atoms with Crippen LogP contribution in [0.25, 0.3) is 0 Å². The van der Waals surface area contributed by atoms with E-state index in [0.717, 1.165) is 18.9 Å². The topological polar surface area (TPSA) is 29.1 Å². The number of carbonyl (C=O) groups excluding carboxylic acids is 1. The lowest BCUT2D eigenvalue weighted by molar-refractivity contribution is -0.137. The molecule has 1 aliphatic rings. The largest absolute Gasteiger partial charge is 0.417 e. The van der Waals surface area contributed by atoms with E-state index in [1.807, 2.05) is 0 Å². The molecule has 6 heteroatoms. The van der Waals surface area contributed by atoms with Crippen LogP contribution >= 0.6 is 15.9 Å². The Kier molecular flexibility index (Phi) is 3.40. The van der Waals surface area contributed by atoms with Crippen LogP contribution in [0.3, 0.4) is 0 Å². The Bertz CT molecular complexity index is 469. The minimum absolute atomic E-state index is 0.322. The van der Waals surface area contributed by atoms with Gasteiger partial charge in [-0.3, -0.25) is 4.79 Å². The summed E-state index contributed by atoms with van der Waals surface area (Å²) >= 11 is 3.26. The molecule has 0 bridgehead atoms. The van der Waals surface area contributed by atoms with Gasteiger partial charge in [0.1, 0.15) is 0 Å². The van der Waals surface area contributed by atoms with Crippen LogP contribution in [0.4, 0.5) is 13.2 Å². The maximum Gasteiger partial charge on any atom is 0.417 e. The van der Waals surface area contributed by atoms with E-state index >= 15 is 0 Å². The highest BCUT2D eigenvalue weighted by molar-refractivity contribution is 9.09. The standard InChI is InChI=1S/C12H11BrF3NO/c13-7-11(5-6-11)17-10(18)8-3-1-2-4-9(8)12(14,15)16/h1-4H,5-7H2,(H,17,18). The molecule has 1 N–H and O–H groups in total. The third-order valence-electron chi connectivity index (χ3n) is 2.97. The molecule has 0 aliphatic heterocycles. The van der Waals surface area contributed by atoms with E-state index < -0.39 is 17.6 Å². The summed E-state index contributed by atoms with van der Waals surface area (Å²) in [4.78, 5) is 11.9. The van der Waals surface area contributed by atoms with Gasteiger partial charge in [0.2, 0.25) is 0 Å². The monoisotopic (exact) mass is 321 g/mol. The second kappa shape index (κ2) is 4.57. The lowest BCUT2D eigenvalue weighted by Crippen LogP contribution is -2.38. The van der Waals surface area contributed by atoms with E-state index in [1.165, 1.54) is 18.2 Å². The highest BCUT2D eigenvalue weighted by Crippen LogP contribution is 2.38. The van der Waals surface area contributed by atoms with E-state index in [9.17, 15) is 18.0 Å². The lowest BCUT2D eigenvalue weighted by atomic mass is 10.1. The summed E-state index contributed by atoms with van der Waals surface area (Å²) < 4.78 is 38.2. The second-order valence-corrected chi connectivity index (χ2v) is 4.97. The number of hydrogen-bond acceptors (Lipinski definition) is 1. The van der Waals surface area contributed by atoms with Gasteiger partial charge in [0, 0.05) is 5.33 Å². The zero-order valence-electron chi connectivity index (χ0n) is 9.35. The van der Waals surface area contributed by atoms with Crippen molar-refractivity contribution in [3.63, 3.8) is 0 Å². The van der Waals surface area contributed by atoms with Crippen molar-refractivity contribution in [1.82, 2.24) is 5.32 Å². The molecule has 1 amide bonds. The molecule has 0 unspecified atom stereocenters. The van der Waals surface area contributed by atoms with Crippen LogP contribution in [0.15, 0.2) is 24.3 Å². The highest BCUT2D eigenvalue weighted by atomic mass is 79.9. The van der Waals surface area contributed by atoms with Crippen molar-refractivity contribution in [3.05, 3.63) is 35.4 Å². The Labute approximate surface area is 111 Å². The summed E-state index contributed by atoms with van der Waals surface area (Å²) in [7, 11) is 0. The predicted octanol–water partition coefficient (Wildman–Crippen LogP) is 3.36. The first-order valence-corrected chi connectivity index (χ1v) is 6.55. The molecule has 0 atom stereocenters. The molecule has 1 fully saturated rings. The van der Waals surface area contributed by atoms with Crippen molar-refractivity contribution in [3.8, 4) is 0 Å². The molecular formula is C12H11BrF3NO. The molecule has 1 aromatic carbocycles. The fourth-order valence-corrected chi connectivity index (χ4v) is 2.38. The van der Waals surface area contributed by atoms with Crippen molar-refractivity contribution >= 4 is 21.8 Å². The first kappa shape index (κ1) is 13.4. The number of alkyl halides is 4. The molecule has 1 aromatic rings. The van der Waals surface area contributed by atoms with Gasteiger partial charge in [-0.2, -0.15) is 13.2 Å². The van der Waals surface area contributed by atoms with Crippen LogP contribution in [0, 0.1) is 0 Å². The maximum absolute atomic E-state index is 12.7. The zero-order chi connectivity index (χ0) is 13.4. The fraction of sp³-hybridized carbons (Fsp3) is 0.417. The third-order valence-corrected chi connectivity index (χ3v) is 4.04. The number of carbonyl (C=O) groups is 1. The number of hydrogen-bond donors (Lipinski definition) is 1. The van der Waals surface area contributed by atoms with Gasteiger partial charge in [0.05, 0.1) is 16.7 Å². The lowest BCUT2D eigenvalue weighted by Gasteiger charge is -2.17. The van der Waals surface area contributed by atoms with Crippen LogP contribution in [-0.2, 0) is 6.18 Å². The number of nitrogens with one attached hydrogen (secondary N) is 1. The first-order valence-electron chi connectivity index (χ1n) is 5.43. The van der Waals surface area contributed by atoms with Gasteiger partial charge in [-0.1, -0.05) is 28.1 Å². The summed E-state index contributed by atoms with van der Waals surface area (Å²) in [5, 5.41) is 3.22. The fourth-order valence-electron chi connectivity index (χ4n) is 1.68. The summed E-state index contributed by atoms with van der Waals surface area (Å²) in [6.07, 6.45) is -2.94. The van der Waals surface area contributed by atoms with Gasteiger partial charge in [-0.05, 0) is 25.0 Å². The zero-order valence-corrected chi connectivity index (χ0v) is 10.9. The Morgan fingerprint density at radius 3 is 2.44 bits per heavy atom. The Hall–Kier alpha value is -1.04. The minimum atomic E-state index is -4.51. The Morgan fingerprint density at radius 1 is 1.33 bits per heavy atom. The van der Waals surface area contributed by atoms with Gasteiger partial charge >= 0.3 is 6.18 Å². The Balaban J connectivity index is 2.25.